The van der Waals surface area contributed by atoms with Crippen LogP contribution in [0.25, 0.3) is 0 Å². The Kier molecular flexibility index (Phi) is 1.99. The van der Waals surface area contributed by atoms with Crippen LogP contribution in [0.5, 0.6) is 0 Å². The maximum atomic E-state index is 13.1. The van der Waals surface area contributed by atoms with Crippen LogP contribution in [0.4, 0.5) is 17.6 Å². The lowest BCUT2D eigenvalue weighted by Crippen LogP contribution is -2.29. The van der Waals surface area contributed by atoms with Gasteiger partial charge >= 0.3 is 6.18 Å². The largest absolute Gasteiger partial charge is 0.408 e. The predicted molar refractivity (Wildman–Crippen MR) is 42.0 cm³/mol. The monoisotopic (exact) mass is 205 g/mol. The molecule has 0 fully saturated rings. The van der Waals surface area contributed by atoms with Crippen LogP contribution in [0.1, 0.15) is 17.2 Å². The van der Waals surface area contributed by atoms with E-state index in [-0.39, 0.29) is 12.1 Å². The molecule has 1 atom stereocenters. The molecular formula is C9H7F4N. The lowest BCUT2D eigenvalue weighted by atomic mass is 10.0. The second kappa shape index (κ2) is 2.95. The summed E-state index contributed by atoms with van der Waals surface area (Å²) in [6, 6.07) is 2.09. The van der Waals surface area contributed by atoms with Crippen molar-refractivity contribution in [2.75, 3.05) is 0 Å². The molecule has 0 aliphatic carbocycles. The topological polar surface area (TPSA) is 12.0 Å². The van der Waals surface area contributed by atoms with Gasteiger partial charge in [0.2, 0.25) is 0 Å². The zero-order valence-electron chi connectivity index (χ0n) is 7.03. The summed E-state index contributed by atoms with van der Waals surface area (Å²) in [6.45, 7) is 0.0667. The van der Waals surface area contributed by atoms with E-state index in [0.29, 0.717) is 5.56 Å². The number of alkyl halides is 3. The van der Waals surface area contributed by atoms with E-state index >= 15 is 0 Å². The summed E-state index contributed by atoms with van der Waals surface area (Å²) < 4.78 is 50.3. The molecule has 0 saturated heterocycles. The van der Waals surface area contributed by atoms with E-state index < -0.39 is 18.0 Å². The van der Waals surface area contributed by atoms with Crippen molar-refractivity contribution in [2.45, 2.75) is 18.8 Å². The van der Waals surface area contributed by atoms with Gasteiger partial charge in [-0.2, -0.15) is 13.2 Å². The van der Waals surface area contributed by atoms with Gasteiger partial charge < -0.3 is 0 Å². The minimum Gasteiger partial charge on any atom is -0.298 e. The highest BCUT2D eigenvalue weighted by atomic mass is 19.4. The molecule has 1 N–H and O–H groups in total. The van der Waals surface area contributed by atoms with E-state index in [1.54, 1.807) is 0 Å². The van der Waals surface area contributed by atoms with Gasteiger partial charge in [-0.25, -0.2) is 4.39 Å². The summed E-state index contributed by atoms with van der Waals surface area (Å²) in [7, 11) is 0. The highest BCUT2D eigenvalue weighted by molar-refractivity contribution is 5.36. The van der Waals surface area contributed by atoms with Crippen LogP contribution in [0.15, 0.2) is 18.2 Å². The molecule has 2 rings (SSSR count). The Morgan fingerprint density at radius 2 is 2.00 bits per heavy atom. The third-order valence-corrected chi connectivity index (χ3v) is 2.26. The molecule has 0 bridgehead atoms. The first-order chi connectivity index (χ1) is 6.50. The predicted octanol–water partition coefficient (Wildman–Crippen LogP) is 2.53. The number of nitrogens with one attached hydrogen (secondary N) is 1. The van der Waals surface area contributed by atoms with E-state index in [1.165, 1.54) is 12.1 Å². The highest BCUT2D eigenvalue weighted by Gasteiger charge is 2.45. The quantitative estimate of drug-likeness (QED) is 0.642. The van der Waals surface area contributed by atoms with Gasteiger partial charge in [0.15, 0.2) is 0 Å². The molecule has 1 aromatic carbocycles. The zero-order valence-corrected chi connectivity index (χ0v) is 7.03. The molecular weight excluding hydrogens is 198 g/mol. The number of rotatable bonds is 0. The summed E-state index contributed by atoms with van der Waals surface area (Å²) in [4.78, 5) is 0. The Morgan fingerprint density at radius 1 is 1.29 bits per heavy atom. The van der Waals surface area contributed by atoms with Gasteiger partial charge in [0.25, 0.3) is 0 Å². The summed E-state index contributed by atoms with van der Waals surface area (Å²) >= 11 is 0. The third kappa shape index (κ3) is 1.37. The number of hydrogen-bond donors (Lipinski definition) is 1. The standard InChI is InChI=1S/C9H7F4N/c10-6-3-1-2-5-4-14-8(7(5)6)9(11,12)13/h1-3,8,14H,4H2. The van der Waals surface area contributed by atoms with Gasteiger partial charge in [-0.05, 0) is 11.6 Å². The van der Waals surface area contributed by atoms with Crippen molar-refractivity contribution in [1.29, 1.82) is 0 Å². The minimum atomic E-state index is -4.44. The normalized spacial score (nSPS) is 21.0. The first-order valence-corrected chi connectivity index (χ1v) is 4.07. The second-order valence-electron chi connectivity index (χ2n) is 3.17. The highest BCUT2D eigenvalue weighted by Crippen LogP contribution is 2.39. The minimum absolute atomic E-state index is 0.0667. The Balaban J connectivity index is 2.48. The molecule has 1 nitrogen and oxygen atoms in total. The summed E-state index contributed by atoms with van der Waals surface area (Å²) in [6.07, 6.45) is -4.44. The van der Waals surface area contributed by atoms with Crippen molar-refractivity contribution < 1.29 is 17.6 Å². The van der Waals surface area contributed by atoms with Gasteiger partial charge in [0, 0.05) is 12.1 Å². The maximum absolute atomic E-state index is 13.1. The fourth-order valence-corrected chi connectivity index (χ4v) is 1.65. The fourth-order valence-electron chi connectivity index (χ4n) is 1.65. The van der Waals surface area contributed by atoms with Crippen molar-refractivity contribution in [1.82, 2.24) is 5.32 Å². The summed E-state index contributed by atoms with van der Waals surface area (Å²) in [5.74, 6) is -0.796. The average molecular weight is 205 g/mol. The van der Waals surface area contributed by atoms with Gasteiger partial charge in [0.05, 0.1) is 0 Å². The van der Waals surface area contributed by atoms with Crippen LogP contribution < -0.4 is 5.32 Å². The first kappa shape index (κ1) is 9.45. The van der Waals surface area contributed by atoms with Crippen molar-refractivity contribution in [3.63, 3.8) is 0 Å². The Labute approximate surface area is 77.7 Å². The van der Waals surface area contributed by atoms with Crippen molar-refractivity contribution in [2.24, 2.45) is 0 Å². The molecule has 5 heteroatoms. The number of benzene rings is 1. The number of fused-ring (bicyclic) bond motifs is 1. The molecule has 0 aromatic heterocycles. The van der Waals surface area contributed by atoms with Gasteiger partial charge in [0.1, 0.15) is 11.9 Å². The number of hydrogen-bond acceptors (Lipinski definition) is 1. The molecule has 1 heterocycles. The smallest absolute Gasteiger partial charge is 0.298 e. The second-order valence-corrected chi connectivity index (χ2v) is 3.17. The van der Waals surface area contributed by atoms with Gasteiger partial charge in [-0.15, -0.1) is 0 Å². The zero-order chi connectivity index (χ0) is 10.3. The SMILES string of the molecule is Fc1cccc2c1C(C(F)(F)F)NC2. The van der Waals surface area contributed by atoms with Crippen LogP contribution in [0.2, 0.25) is 0 Å². The molecule has 14 heavy (non-hydrogen) atoms. The molecule has 1 unspecified atom stereocenters. The fraction of sp³-hybridized carbons (Fsp3) is 0.333. The van der Waals surface area contributed by atoms with Crippen molar-refractivity contribution >= 4 is 0 Å². The third-order valence-electron chi connectivity index (χ3n) is 2.26. The molecule has 0 saturated carbocycles. The van der Waals surface area contributed by atoms with Crippen LogP contribution in [-0.2, 0) is 6.54 Å². The van der Waals surface area contributed by atoms with Gasteiger partial charge in [-0.3, -0.25) is 5.32 Å². The molecule has 0 amide bonds. The molecule has 1 aliphatic heterocycles. The molecule has 0 radical (unpaired) electrons. The Hall–Kier alpha value is -1.10. The van der Waals surface area contributed by atoms with E-state index in [2.05, 4.69) is 5.32 Å². The maximum Gasteiger partial charge on any atom is 0.408 e. The van der Waals surface area contributed by atoms with E-state index in [0.717, 1.165) is 6.07 Å². The summed E-state index contributed by atoms with van der Waals surface area (Å²) in [5.41, 5.74) is 0.118. The van der Waals surface area contributed by atoms with Crippen LogP contribution >= 0.6 is 0 Å². The lowest BCUT2D eigenvalue weighted by molar-refractivity contribution is -0.156. The molecule has 1 aromatic rings. The summed E-state index contributed by atoms with van der Waals surface area (Å²) in [5, 5.41) is 2.24. The van der Waals surface area contributed by atoms with Crippen molar-refractivity contribution in [3.8, 4) is 0 Å². The van der Waals surface area contributed by atoms with Gasteiger partial charge in [-0.1, -0.05) is 12.1 Å². The Morgan fingerprint density at radius 3 is 2.64 bits per heavy atom. The Bertz CT molecular complexity index is 358. The van der Waals surface area contributed by atoms with Crippen LogP contribution in [-0.4, -0.2) is 6.18 Å². The van der Waals surface area contributed by atoms with Crippen LogP contribution in [0.3, 0.4) is 0 Å². The molecule has 76 valence electrons. The number of halogens is 4. The lowest BCUT2D eigenvalue weighted by Gasteiger charge is -2.16. The average Bonchev–Trinajstić information content (AvgIpc) is 2.47. The molecule has 0 spiro atoms. The van der Waals surface area contributed by atoms with Crippen molar-refractivity contribution in [3.05, 3.63) is 35.1 Å². The van der Waals surface area contributed by atoms with Crippen LogP contribution in [0, 0.1) is 5.82 Å². The van der Waals surface area contributed by atoms with E-state index in [9.17, 15) is 17.6 Å². The van der Waals surface area contributed by atoms with E-state index in [4.69, 9.17) is 0 Å². The van der Waals surface area contributed by atoms with E-state index in [1.807, 2.05) is 0 Å². The molecule has 1 aliphatic rings. The first-order valence-electron chi connectivity index (χ1n) is 4.07.